The number of aromatic nitrogens is 1. The Morgan fingerprint density at radius 1 is 1.32 bits per heavy atom. The van der Waals surface area contributed by atoms with Crippen LogP contribution in [0.4, 0.5) is 20.3 Å². The first kappa shape index (κ1) is 17.4. The molecule has 7 nitrogen and oxygen atoms in total. The highest BCUT2D eigenvalue weighted by atomic mass is 79.9. The maximum atomic E-state index is 13.1. The summed E-state index contributed by atoms with van der Waals surface area (Å²) >= 11 is 3.24. The van der Waals surface area contributed by atoms with E-state index >= 15 is 0 Å². The molecular formula is C15H12BrF2N3O4. The number of halogens is 3. The number of nitrogens with one attached hydrogen (secondary N) is 2. The molecule has 132 valence electrons. The number of amides is 1. The summed E-state index contributed by atoms with van der Waals surface area (Å²) in [6.45, 7) is -0.105. The molecule has 0 aliphatic carbocycles. The number of anilines is 2. The van der Waals surface area contributed by atoms with Gasteiger partial charge in [0.15, 0.2) is 11.5 Å². The first-order valence-electron chi connectivity index (χ1n) is 7.10. The lowest BCUT2D eigenvalue weighted by Gasteiger charge is -2.12. The first-order chi connectivity index (χ1) is 11.9. The van der Waals surface area contributed by atoms with Crippen molar-refractivity contribution in [3.05, 3.63) is 40.5 Å². The van der Waals surface area contributed by atoms with Gasteiger partial charge in [-0.2, -0.15) is 0 Å². The largest absolute Gasteiger partial charge is 0.586 e. The van der Waals surface area contributed by atoms with Crippen molar-refractivity contribution in [2.24, 2.45) is 0 Å². The molecule has 3 rings (SSSR count). The van der Waals surface area contributed by atoms with E-state index in [2.05, 4.69) is 41.0 Å². The number of carbonyl (C=O) groups excluding carboxylic acids is 1. The van der Waals surface area contributed by atoms with Gasteiger partial charge in [0.05, 0.1) is 17.9 Å². The predicted molar refractivity (Wildman–Crippen MR) is 87.3 cm³/mol. The van der Waals surface area contributed by atoms with Gasteiger partial charge in [-0.1, -0.05) is 0 Å². The van der Waals surface area contributed by atoms with E-state index in [1.165, 1.54) is 24.4 Å². The van der Waals surface area contributed by atoms with Gasteiger partial charge < -0.3 is 25.2 Å². The van der Waals surface area contributed by atoms with Crippen LogP contribution in [0.15, 0.2) is 34.9 Å². The fraction of sp³-hybridized carbons (Fsp3) is 0.200. The molecule has 0 spiro atoms. The molecular weight excluding hydrogens is 404 g/mol. The lowest BCUT2D eigenvalue weighted by atomic mass is 10.2. The number of hydrogen-bond donors (Lipinski definition) is 3. The van der Waals surface area contributed by atoms with Gasteiger partial charge in [-0.25, -0.2) is 4.98 Å². The van der Waals surface area contributed by atoms with E-state index in [-0.39, 0.29) is 36.0 Å². The van der Waals surface area contributed by atoms with E-state index in [9.17, 15) is 13.6 Å². The summed E-state index contributed by atoms with van der Waals surface area (Å²) in [4.78, 5) is 16.2. The van der Waals surface area contributed by atoms with Gasteiger partial charge in [0, 0.05) is 29.3 Å². The van der Waals surface area contributed by atoms with Crippen LogP contribution in [-0.4, -0.2) is 35.4 Å². The lowest BCUT2D eigenvalue weighted by Crippen LogP contribution is -2.27. The third-order valence-electron chi connectivity index (χ3n) is 3.19. The van der Waals surface area contributed by atoms with Crippen molar-refractivity contribution in [1.29, 1.82) is 0 Å². The second kappa shape index (κ2) is 6.81. The van der Waals surface area contributed by atoms with Gasteiger partial charge >= 0.3 is 6.29 Å². The number of benzene rings is 1. The minimum absolute atomic E-state index is 0.0932. The predicted octanol–water partition coefficient (Wildman–Crippen LogP) is 2.63. The monoisotopic (exact) mass is 415 g/mol. The van der Waals surface area contributed by atoms with Crippen LogP contribution in [0.5, 0.6) is 11.5 Å². The Hall–Kier alpha value is -2.46. The van der Waals surface area contributed by atoms with Crippen LogP contribution in [-0.2, 0) is 0 Å². The summed E-state index contributed by atoms with van der Waals surface area (Å²) in [7, 11) is 0. The molecule has 1 aliphatic heterocycles. The molecule has 1 aliphatic rings. The fourth-order valence-corrected chi connectivity index (χ4v) is 2.57. The van der Waals surface area contributed by atoms with Crippen molar-refractivity contribution in [2.45, 2.75) is 6.29 Å². The molecule has 0 bridgehead atoms. The second-order valence-corrected chi connectivity index (χ2v) is 5.80. The minimum Gasteiger partial charge on any atom is -0.395 e. The van der Waals surface area contributed by atoms with Crippen LogP contribution in [0.3, 0.4) is 0 Å². The molecule has 0 saturated carbocycles. The standard InChI is InChI=1S/C15H12BrF2N3O4/c16-9-6-11-12(25-15(17,18)24-11)7-10(9)21-13-8(2-1-3-19-13)14(23)20-4-5-22/h1-3,6-7,22H,4-5H2,(H,19,21)(H,20,23). The summed E-state index contributed by atoms with van der Waals surface area (Å²) in [6, 6.07) is 5.75. The number of ether oxygens (including phenoxy) is 2. The summed E-state index contributed by atoms with van der Waals surface area (Å²) in [5, 5.41) is 14.2. The highest BCUT2D eigenvalue weighted by Gasteiger charge is 2.43. The van der Waals surface area contributed by atoms with Gasteiger partial charge in [-0.15, -0.1) is 8.78 Å². The lowest BCUT2D eigenvalue weighted by molar-refractivity contribution is -0.286. The molecule has 0 saturated heterocycles. The normalized spacial score (nSPS) is 14.2. The van der Waals surface area contributed by atoms with E-state index in [1.807, 2.05) is 0 Å². The number of fused-ring (bicyclic) bond motifs is 1. The molecule has 0 radical (unpaired) electrons. The van der Waals surface area contributed by atoms with Gasteiger partial charge in [-0.3, -0.25) is 4.79 Å². The van der Waals surface area contributed by atoms with Crippen LogP contribution in [0.1, 0.15) is 10.4 Å². The number of aliphatic hydroxyl groups is 1. The Morgan fingerprint density at radius 3 is 2.76 bits per heavy atom. The molecule has 3 N–H and O–H groups in total. The molecule has 0 unspecified atom stereocenters. The smallest absolute Gasteiger partial charge is 0.395 e. The van der Waals surface area contributed by atoms with Crippen molar-refractivity contribution in [3.63, 3.8) is 0 Å². The number of aliphatic hydroxyl groups excluding tert-OH is 1. The van der Waals surface area contributed by atoms with Crippen molar-refractivity contribution >= 4 is 33.3 Å². The Bertz CT molecular complexity index is 819. The Labute approximate surface area is 149 Å². The minimum atomic E-state index is -3.72. The zero-order valence-corrected chi connectivity index (χ0v) is 14.1. The van der Waals surface area contributed by atoms with Crippen molar-refractivity contribution < 1.29 is 28.2 Å². The third kappa shape index (κ3) is 3.80. The van der Waals surface area contributed by atoms with Crippen LogP contribution in [0.2, 0.25) is 0 Å². The van der Waals surface area contributed by atoms with Crippen molar-refractivity contribution in [2.75, 3.05) is 18.5 Å². The number of pyridine rings is 1. The van der Waals surface area contributed by atoms with Crippen molar-refractivity contribution in [3.8, 4) is 11.5 Å². The van der Waals surface area contributed by atoms with Crippen LogP contribution in [0.25, 0.3) is 0 Å². The summed E-state index contributed by atoms with van der Waals surface area (Å²) in [5.74, 6) is -0.473. The topological polar surface area (TPSA) is 92.7 Å². The molecule has 1 aromatic heterocycles. The van der Waals surface area contributed by atoms with E-state index in [0.29, 0.717) is 10.2 Å². The average molecular weight is 416 g/mol. The van der Waals surface area contributed by atoms with Crippen LogP contribution >= 0.6 is 15.9 Å². The molecule has 0 atom stereocenters. The number of hydrogen-bond acceptors (Lipinski definition) is 6. The van der Waals surface area contributed by atoms with Crippen molar-refractivity contribution in [1.82, 2.24) is 10.3 Å². The summed E-state index contributed by atoms with van der Waals surface area (Å²) in [6.07, 6.45) is -2.25. The van der Waals surface area contributed by atoms with Crippen LogP contribution in [0, 0.1) is 0 Å². The fourth-order valence-electron chi connectivity index (χ4n) is 2.15. The van der Waals surface area contributed by atoms with Crippen LogP contribution < -0.4 is 20.1 Å². The van der Waals surface area contributed by atoms with Gasteiger partial charge in [-0.05, 0) is 28.1 Å². The third-order valence-corrected chi connectivity index (χ3v) is 3.85. The summed E-state index contributed by atoms with van der Waals surface area (Å²) in [5.41, 5.74) is 0.584. The molecule has 10 heteroatoms. The zero-order chi connectivity index (χ0) is 18.0. The van der Waals surface area contributed by atoms with E-state index in [1.54, 1.807) is 6.07 Å². The molecule has 1 aromatic carbocycles. The SMILES string of the molecule is O=C(NCCO)c1cccnc1Nc1cc2c(cc1Br)OC(F)(F)O2. The molecule has 0 fully saturated rings. The van der Waals surface area contributed by atoms with Gasteiger partial charge in [0.1, 0.15) is 5.82 Å². The number of alkyl halides is 2. The highest BCUT2D eigenvalue weighted by Crippen LogP contribution is 2.45. The highest BCUT2D eigenvalue weighted by molar-refractivity contribution is 9.10. The number of nitrogens with zero attached hydrogens (tertiary/aromatic N) is 1. The summed E-state index contributed by atoms with van der Waals surface area (Å²) < 4.78 is 35.5. The molecule has 2 heterocycles. The Balaban J connectivity index is 1.88. The van der Waals surface area contributed by atoms with E-state index < -0.39 is 12.2 Å². The van der Waals surface area contributed by atoms with Gasteiger partial charge in [0.2, 0.25) is 0 Å². The Kier molecular flexibility index (Phi) is 4.73. The molecule has 2 aromatic rings. The van der Waals surface area contributed by atoms with Gasteiger partial charge in [0.25, 0.3) is 5.91 Å². The second-order valence-electron chi connectivity index (χ2n) is 4.95. The maximum Gasteiger partial charge on any atom is 0.586 e. The number of rotatable bonds is 5. The molecule has 25 heavy (non-hydrogen) atoms. The van der Waals surface area contributed by atoms with E-state index in [0.717, 1.165) is 0 Å². The number of carbonyl (C=O) groups is 1. The average Bonchev–Trinajstić information content (AvgIpc) is 2.86. The maximum absolute atomic E-state index is 13.1. The van der Waals surface area contributed by atoms with E-state index in [4.69, 9.17) is 5.11 Å². The quantitative estimate of drug-likeness (QED) is 0.694. The Morgan fingerprint density at radius 2 is 2.04 bits per heavy atom. The zero-order valence-electron chi connectivity index (χ0n) is 12.6. The molecule has 1 amide bonds. The first-order valence-corrected chi connectivity index (χ1v) is 7.89.